The van der Waals surface area contributed by atoms with Crippen LogP contribution in [-0.2, 0) is 4.79 Å². The minimum atomic E-state index is -0.871. The maximum atomic E-state index is 10.5. The van der Waals surface area contributed by atoms with Crippen LogP contribution in [0.15, 0.2) is 6.33 Å². The molecule has 11 heavy (non-hydrogen) atoms. The molecule has 60 valence electrons. The lowest BCUT2D eigenvalue weighted by atomic mass is 10.1. The Labute approximate surface area is 63.5 Å². The molecule has 0 aliphatic rings. The Kier molecular flexibility index (Phi) is 2.20. The first-order valence-electron chi connectivity index (χ1n) is 3.33. The van der Waals surface area contributed by atoms with E-state index in [0.717, 1.165) is 0 Å². The number of aromatic amines is 1. The van der Waals surface area contributed by atoms with E-state index >= 15 is 0 Å². The van der Waals surface area contributed by atoms with Gasteiger partial charge in [0.25, 0.3) is 0 Å². The van der Waals surface area contributed by atoms with Gasteiger partial charge >= 0.3 is 5.97 Å². The van der Waals surface area contributed by atoms with E-state index in [0.29, 0.717) is 12.2 Å². The predicted molar refractivity (Wildman–Crippen MR) is 37.1 cm³/mol. The number of nitrogens with one attached hydrogen (secondary N) is 1. The largest absolute Gasteiger partial charge is 0.481 e. The van der Waals surface area contributed by atoms with Gasteiger partial charge in [0.15, 0.2) is 0 Å². The fraction of sp³-hybridized carbons (Fsp3) is 0.500. The molecule has 0 saturated carbocycles. The summed E-state index contributed by atoms with van der Waals surface area (Å²) in [6.45, 7) is 1.79. The van der Waals surface area contributed by atoms with Crippen LogP contribution in [-0.4, -0.2) is 26.3 Å². The van der Waals surface area contributed by atoms with Gasteiger partial charge in [0, 0.05) is 0 Å². The van der Waals surface area contributed by atoms with Crippen molar-refractivity contribution in [2.75, 3.05) is 0 Å². The number of aromatic nitrogens is 3. The van der Waals surface area contributed by atoms with Crippen LogP contribution in [0.3, 0.4) is 0 Å². The molecule has 0 radical (unpaired) electrons. The van der Waals surface area contributed by atoms with Crippen molar-refractivity contribution in [1.82, 2.24) is 15.2 Å². The molecule has 0 aliphatic heterocycles. The zero-order valence-electron chi connectivity index (χ0n) is 6.11. The van der Waals surface area contributed by atoms with Gasteiger partial charge in [-0.25, -0.2) is 4.98 Å². The Hall–Kier alpha value is -1.39. The lowest BCUT2D eigenvalue weighted by molar-refractivity contribution is -0.139. The molecule has 1 aromatic rings. The van der Waals surface area contributed by atoms with Crippen molar-refractivity contribution >= 4 is 5.97 Å². The number of carboxylic acids is 1. The first-order chi connectivity index (χ1) is 5.25. The predicted octanol–water partition coefficient (Wildman–Crippen LogP) is 0.383. The van der Waals surface area contributed by atoms with Crippen LogP contribution < -0.4 is 0 Å². The number of hydrogen-bond donors (Lipinski definition) is 2. The molecule has 5 heteroatoms. The van der Waals surface area contributed by atoms with Crippen LogP contribution in [0.5, 0.6) is 0 Å². The van der Waals surface area contributed by atoms with Gasteiger partial charge in [0.05, 0.1) is 0 Å². The molecule has 0 spiro atoms. The first kappa shape index (κ1) is 7.71. The highest BCUT2D eigenvalue weighted by atomic mass is 16.4. The third kappa shape index (κ3) is 1.54. The van der Waals surface area contributed by atoms with Crippen LogP contribution in [0.25, 0.3) is 0 Å². The molecule has 1 atom stereocenters. The third-order valence-electron chi connectivity index (χ3n) is 1.47. The highest BCUT2D eigenvalue weighted by Gasteiger charge is 2.19. The molecule has 1 rings (SSSR count). The summed E-state index contributed by atoms with van der Waals surface area (Å²) < 4.78 is 0. The summed E-state index contributed by atoms with van der Waals surface area (Å²) >= 11 is 0. The van der Waals surface area contributed by atoms with E-state index in [2.05, 4.69) is 15.2 Å². The zero-order valence-corrected chi connectivity index (χ0v) is 6.11. The first-order valence-corrected chi connectivity index (χ1v) is 3.33. The molecule has 5 nitrogen and oxygen atoms in total. The van der Waals surface area contributed by atoms with Crippen molar-refractivity contribution in [2.45, 2.75) is 19.3 Å². The molecule has 0 saturated heterocycles. The number of carboxylic acid groups (broad SMARTS) is 1. The molecule has 2 N–H and O–H groups in total. The average Bonchev–Trinajstić information content (AvgIpc) is 2.40. The smallest absolute Gasteiger partial charge is 0.314 e. The summed E-state index contributed by atoms with van der Waals surface area (Å²) in [5.74, 6) is -1.01. The number of aliphatic carboxylic acids is 1. The second-order valence-electron chi connectivity index (χ2n) is 2.17. The van der Waals surface area contributed by atoms with Gasteiger partial charge in [-0.15, -0.1) is 0 Å². The summed E-state index contributed by atoms with van der Waals surface area (Å²) in [7, 11) is 0. The van der Waals surface area contributed by atoms with Crippen molar-refractivity contribution in [1.29, 1.82) is 0 Å². The maximum Gasteiger partial charge on any atom is 0.314 e. The normalized spacial score (nSPS) is 12.8. The molecular weight excluding hydrogens is 146 g/mol. The quantitative estimate of drug-likeness (QED) is 0.661. The van der Waals surface area contributed by atoms with E-state index in [-0.39, 0.29) is 0 Å². The van der Waals surface area contributed by atoms with E-state index in [9.17, 15) is 4.79 Å². The lowest BCUT2D eigenvalue weighted by Crippen LogP contribution is -2.11. The van der Waals surface area contributed by atoms with E-state index in [4.69, 9.17) is 5.11 Å². The average molecular weight is 155 g/mol. The van der Waals surface area contributed by atoms with Gasteiger partial charge < -0.3 is 5.11 Å². The third-order valence-corrected chi connectivity index (χ3v) is 1.47. The van der Waals surface area contributed by atoms with Crippen molar-refractivity contribution in [2.24, 2.45) is 0 Å². The van der Waals surface area contributed by atoms with Gasteiger partial charge in [0.1, 0.15) is 18.1 Å². The zero-order chi connectivity index (χ0) is 8.27. The van der Waals surface area contributed by atoms with Crippen molar-refractivity contribution in [3.8, 4) is 0 Å². The number of nitrogens with zero attached hydrogens (tertiary/aromatic N) is 2. The van der Waals surface area contributed by atoms with Gasteiger partial charge in [-0.05, 0) is 6.42 Å². The number of H-pyrrole nitrogens is 1. The molecule has 0 aliphatic carbocycles. The van der Waals surface area contributed by atoms with Crippen LogP contribution in [0.1, 0.15) is 25.1 Å². The summed E-state index contributed by atoms with van der Waals surface area (Å²) in [4.78, 5) is 14.3. The van der Waals surface area contributed by atoms with Crippen LogP contribution in [0, 0.1) is 0 Å². The molecule has 1 heterocycles. The summed E-state index contributed by atoms with van der Waals surface area (Å²) in [5.41, 5.74) is 0. The molecule has 0 amide bonds. The van der Waals surface area contributed by atoms with Gasteiger partial charge in [-0.1, -0.05) is 6.92 Å². The van der Waals surface area contributed by atoms with E-state index in [1.807, 2.05) is 0 Å². The van der Waals surface area contributed by atoms with E-state index in [1.165, 1.54) is 6.33 Å². The number of rotatable bonds is 3. The Morgan fingerprint density at radius 1 is 1.91 bits per heavy atom. The van der Waals surface area contributed by atoms with Crippen molar-refractivity contribution in [3.63, 3.8) is 0 Å². The van der Waals surface area contributed by atoms with Crippen molar-refractivity contribution < 1.29 is 9.90 Å². The molecule has 1 aromatic heterocycles. The summed E-state index contributed by atoms with van der Waals surface area (Å²) in [5, 5.41) is 14.8. The standard InChI is InChI=1S/C6H9N3O2/c1-2-4(6(10)11)5-7-3-8-9-5/h3-4H,2H2,1H3,(H,10,11)(H,7,8,9). The Balaban J connectivity index is 2.79. The maximum absolute atomic E-state index is 10.5. The van der Waals surface area contributed by atoms with Crippen molar-refractivity contribution in [3.05, 3.63) is 12.2 Å². The Morgan fingerprint density at radius 2 is 2.64 bits per heavy atom. The van der Waals surface area contributed by atoms with E-state index < -0.39 is 11.9 Å². The van der Waals surface area contributed by atoms with E-state index in [1.54, 1.807) is 6.92 Å². The molecule has 0 bridgehead atoms. The molecular formula is C6H9N3O2. The second kappa shape index (κ2) is 3.14. The summed E-state index contributed by atoms with van der Waals surface area (Å²) in [6, 6.07) is 0. The highest BCUT2D eigenvalue weighted by molar-refractivity contribution is 5.74. The van der Waals surface area contributed by atoms with Gasteiger partial charge in [-0.2, -0.15) is 5.10 Å². The summed E-state index contributed by atoms with van der Waals surface area (Å²) in [6.07, 6.45) is 1.82. The highest BCUT2D eigenvalue weighted by Crippen LogP contribution is 2.13. The minimum absolute atomic E-state index is 0.417. The fourth-order valence-electron chi connectivity index (χ4n) is 0.868. The lowest BCUT2D eigenvalue weighted by Gasteiger charge is -2.03. The molecule has 0 fully saturated rings. The van der Waals surface area contributed by atoms with Crippen LogP contribution in [0.2, 0.25) is 0 Å². The SMILES string of the molecule is CCC(C(=O)O)c1ncn[nH]1. The molecule has 1 unspecified atom stereocenters. The number of carbonyl (C=O) groups is 1. The second-order valence-corrected chi connectivity index (χ2v) is 2.17. The van der Waals surface area contributed by atoms with Crippen LogP contribution >= 0.6 is 0 Å². The monoisotopic (exact) mass is 155 g/mol. The Morgan fingerprint density at radius 3 is 3.00 bits per heavy atom. The Bertz CT molecular complexity index is 232. The minimum Gasteiger partial charge on any atom is -0.481 e. The van der Waals surface area contributed by atoms with Gasteiger partial charge in [-0.3, -0.25) is 9.89 Å². The fourth-order valence-corrected chi connectivity index (χ4v) is 0.868. The van der Waals surface area contributed by atoms with Gasteiger partial charge in [0.2, 0.25) is 0 Å². The molecule has 0 aromatic carbocycles. The van der Waals surface area contributed by atoms with Crippen LogP contribution in [0.4, 0.5) is 0 Å². The topological polar surface area (TPSA) is 78.9 Å². The number of hydrogen-bond acceptors (Lipinski definition) is 3.